The van der Waals surface area contributed by atoms with Crippen molar-refractivity contribution in [3.63, 3.8) is 0 Å². The number of allylic oxidation sites excluding steroid dienone is 2. The zero-order valence-electron chi connectivity index (χ0n) is 17.8. The molecule has 6 nitrogen and oxygen atoms in total. The van der Waals surface area contributed by atoms with Gasteiger partial charge in [-0.1, -0.05) is 61.0 Å². The van der Waals surface area contributed by atoms with Crippen molar-refractivity contribution in [3.05, 3.63) is 82.9 Å². The maximum Gasteiger partial charge on any atom is 0.273 e. The van der Waals surface area contributed by atoms with E-state index in [0.717, 1.165) is 10.0 Å². The van der Waals surface area contributed by atoms with E-state index in [9.17, 15) is 19.2 Å². The van der Waals surface area contributed by atoms with Gasteiger partial charge in [-0.25, -0.2) is 5.01 Å². The molecule has 0 unspecified atom stereocenters. The van der Waals surface area contributed by atoms with Crippen molar-refractivity contribution < 1.29 is 19.2 Å². The van der Waals surface area contributed by atoms with Crippen LogP contribution in [0.1, 0.15) is 41.0 Å². The zero-order chi connectivity index (χ0) is 23.0. The Balaban J connectivity index is 1.76. The molecule has 1 heterocycles. The number of benzene rings is 2. The highest BCUT2D eigenvalue weighted by atomic mass is 35.5. The van der Waals surface area contributed by atoms with Crippen molar-refractivity contribution in [1.29, 1.82) is 0 Å². The summed E-state index contributed by atoms with van der Waals surface area (Å²) in [5, 5.41) is 2.37. The maximum atomic E-state index is 13.6. The topological polar surface area (TPSA) is 74.8 Å². The first-order valence-corrected chi connectivity index (χ1v) is 10.9. The van der Waals surface area contributed by atoms with Gasteiger partial charge in [0.25, 0.3) is 17.7 Å². The fraction of sp³-hybridized carbons (Fsp3) is 0.280. The molecule has 3 amide bonds. The molecule has 0 spiro atoms. The lowest BCUT2D eigenvalue weighted by molar-refractivity contribution is -0.156. The Hall–Kier alpha value is -3.25. The average Bonchev–Trinajstić information content (AvgIpc) is 3.05. The molecule has 4 rings (SSSR count). The number of halogens is 1. The fourth-order valence-corrected chi connectivity index (χ4v) is 4.59. The lowest BCUT2D eigenvalue weighted by Crippen LogP contribution is -2.56. The van der Waals surface area contributed by atoms with Crippen LogP contribution in [0.15, 0.2) is 66.7 Å². The van der Waals surface area contributed by atoms with Gasteiger partial charge < -0.3 is 0 Å². The molecule has 1 aliphatic carbocycles. The highest BCUT2D eigenvalue weighted by molar-refractivity contribution is 6.30. The minimum absolute atomic E-state index is 0.136. The Bertz CT molecular complexity index is 1100. The van der Waals surface area contributed by atoms with Crippen molar-refractivity contribution in [2.45, 2.75) is 26.3 Å². The van der Waals surface area contributed by atoms with Gasteiger partial charge in [0.2, 0.25) is 0 Å². The van der Waals surface area contributed by atoms with Crippen molar-refractivity contribution in [3.8, 4) is 0 Å². The quantitative estimate of drug-likeness (QED) is 0.389. The number of hydrogen-bond acceptors (Lipinski definition) is 4. The first-order chi connectivity index (χ1) is 15.3. The number of imide groups is 1. The van der Waals surface area contributed by atoms with E-state index in [1.807, 2.05) is 19.1 Å². The molecule has 164 valence electrons. The zero-order valence-corrected chi connectivity index (χ0v) is 18.5. The summed E-state index contributed by atoms with van der Waals surface area (Å²) in [5.74, 6) is -3.11. The summed E-state index contributed by atoms with van der Waals surface area (Å²) in [6, 6.07) is 13.6. The van der Waals surface area contributed by atoms with E-state index < -0.39 is 35.6 Å². The van der Waals surface area contributed by atoms with Gasteiger partial charge in [-0.2, -0.15) is 5.01 Å². The summed E-state index contributed by atoms with van der Waals surface area (Å²) in [4.78, 5) is 53.6. The molecule has 0 saturated carbocycles. The number of carbonyl (C=O) groups is 4. The number of hydrogen-bond donors (Lipinski definition) is 0. The summed E-state index contributed by atoms with van der Waals surface area (Å²) in [6.07, 6.45) is 4.24. The Morgan fingerprint density at radius 1 is 1.00 bits per heavy atom. The van der Waals surface area contributed by atoms with Crippen LogP contribution >= 0.6 is 11.6 Å². The van der Waals surface area contributed by atoms with Gasteiger partial charge in [-0.05, 0) is 43.5 Å². The lowest BCUT2D eigenvalue weighted by Gasteiger charge is -2.34. The number of ketones is 1. The molecule has 0 bridgehead atoms. The monoisotopic (exact) mass is 450 g/mol. The molecule has 1 saturated heterocycles. The summed E-state index contributed by atoms with van der Waals surface area (Å²) in [7, 11) is 0. The van der Waals surface area contributed by atoms with Crippen LogP contribution in [0, 0.1) is 17.8 Å². The van der Waals surface area contributed by atoms with E-state index in [4.69, 9.17) is 11.6 Å². The molecule has 1 fully saturated rings. The summed E-state index contributed by atoms with van der Waals surface area (Å²) in [5.41, 5.74) is 0.615. The van der Waals surface area contributed by atoms with Gasteiger partial charge >= 0.3 is 0 Å². The SMILES string of the molecule is C[C@@H]1C=CC[C@@H]2C(=O)N(N(C(=O)c3ccc(Cl)cc3)[C@H](C)C(=O)c3ccccc3)C(=O)[C@@H]12. The van der Waals surface area contributed by atoms with Crippen LogP contribution in [0.2, 0.25) is 5.02 Å². The van der Waals surface area contributed by atoms with Crippen LogP contribution in [0.5, 0.6) is 0 Å². The van der Waals surface area contributed by atoms with Crippen LogP contribution < -0.4 is 0 Å². The van der Waals surface area contributed by atoms with Crippen LogP contribution in [-0.2, 0) is 9.59 Å². The molecule has 32 heavy (non-hydrogen) atoms. The second-order valence-corrected chi connectivity index (χ2v) is 8.64. The van der Waals surface area contributed by atoms with Crippen LogP contribution in [0.25, 0.3) is 0 Å². The highest BCUT2D eigenvalue weighted by Gasteiger charge is 2.54. The standard InChI is InChI=1S/C25H23ClN2O4/c1-15-7-6-10-20-21(15)25(32)28(24(20)31)27(23(30)18-11-13-19(26)14-12-18)16(2)22(29)17-8-4-3-5-9-17/h3-9,11-16,20-21H,10H2,1-2H3/t15-,16-,20+,21+/m1/s1. The second kappa shape index (κ2) is 8.71. The summed E-state index contributed by atoms with van der Waals surface area (Å²) >= 11 is 5.96. The number of nitrogens with zero attached hydrogens (tertiary/aromatic N) is 2. The van der Waals surface area contributed by atoms with E-state index in [1.165, 1.54) is 19.1 Å². The molecule has 2 aromatic carbocycles. The number of Topliss-reactive ketones (excluding diaryl/α,β-unsaturated/α-hetero) is 1. The van der Waals surface area contributed by atoms with Crippen molar-refractivity contribution in [2.24, 2.45) is 17.8 Å². The van der Waals surface area contributed by atoms with Crippen LogP contribution in [0.4, 0.5) is 0 Å². The van der Waals surface area contributed by atoms with Gasteiger partial charge in [0.05, 0.1) is 11.8 Å². The third kappa shape index (κ3) is 3.75. The molecule has 0 radical (unpaired) electrons. The van der Waals surface area contributed by atoms with Crippen LogP contribution in [0.3, 0.4) is 0 Å². The average molecular weight is 451 g/mol. The Labute approximate surface area is 191 Å². The second-order valence-electron chi connectivity index (χ2n) is 8.21. The van der Waals surface area contributed by atoms with E-state index in [2.05, 4.69) is 0 Å². The molecule has 0 aromatic heterocycles. The number of fused-ring (bicyclic) bond motifs is 1. The number of rotatable bonds is 5. The minimum Gasteiger partial charge on any atom is -0.292 e. The van der Waals surface area contributed by atoms with Crippen molar-refractivity contribution >= 4 is 35.1 Å². The Morgan fingerprint density at radius 3 is 2.28 bits per heavy atom. The maximum absolute atomic E-state index is 13.6. The predicted molar refractivity (Wildman–Crippen MR) is 120 cm³/mol. The Morgan fingerprint density at radius 2 is 1.66 bits per heavy atom. The van der Waals surface area contributed by atoms with E-state index in [0.29, 0.717) is 17.0 Å². The van der Waals surface area contributed by atoms with Gasteiger partial charge in [-0.3, -0.25) is 19.2 Å². The predicted octanol–water partition coefficient (Wildman–Crippen LogP) is 4.17. The van der Waals surface area contributed by atoms with E-state index >= 15 is 0 Å². The van der Waals surface area contributed by atoms with E-state index in [-0.39, 0.29) is 17.3 Å². The largest absolute Gasteiger partial charge is 0.292 e. The summed E-state index contributed by atoms with van der Waals surface area (Å²) in [6.45, 7) is 3.42. The third-order valence-corrected chi connectivity index (χ3v) is 6.42. The third-order valence-electron chi connectivity index (χ3n) is 6.17. The number of carbonyl (C=O) groups excluding carboxylic acids is 4. The first-order valence-electron chi connectivity index (χ1n) is 10.5. The van der Waals surface area contributed by atoms with Gasteiger partial charge in [0.15, 0.2) is 5.78 Å². The smallest absolute Gasteiger partial charge is 0.273 e. The van der Waals surface area contributed by atoms with E-state index in [1.54, 1.807) is 42.5 Å². The molecule has 2 aliphatic rings. The van der Waals surface area contributed by atoms with Gasteiger partial charge in [0.1, 0.15) is 6.04 Å². The molecular formula is C25H23ClN2O4. The highest BCUT2D eigenvalue weighted by Crippen LogP contribution is 2.40. The molecule has 7 heteroatoms. The van der Waals surface area contributed by atoms with Crippen LogP contribution in [-0.4, -0.2) is 39.6 Å². The van der Waals surface area contributed by atoms with Crippen molar-refractivity contribution in [1.82, 2.24) is 10.0 Å². The molecule has 1 aliphatic heterocycles. The molecule has 4 atom stereocenters. The number of amides is 3. The number of hydrazine groups is 1. The van der Waals surface area contributed by atoms with Gasteiger partial charge in [-0.15, -0.1) is 0 Å². The van der Waals surface area contributed by atoms with Gasteiger partial charge in [0, 0.05) is 16.1 Å². The normalized spacial score (nSPS) is 23.1. The first kappa shape index (κ1) is 22.0. The summed E-state index contributed by atoms with van der Waals surface area (Å²) < 4.78 is 0. The molecular weight excluding hydrogens is 428 g/mol. The van der Waals surface area contributed by atoms with Crippen molar-refractivity contribution in [2.75, 3.05) is 0 Å². The molecule has 0 N–H and O–H groups in total. The molecule has 2 aromatic rings. The Kier molecular flexibility index (Phi) is 5.98. The minimum atomic E-state index is -1.07. The lowest BCUT2D eigenvalue weighted by atomic mass is 9.78. The fourth-order valence-electron chi connectivity index (χ4n) is 4.46.